The standard InChI is InChI=1S/C28H38N8O2/c1-19-23-18-31-28(33-26(23)36(21-7-3-4-8-21)27(38)25(19)20(2)37)32-24-10-9-22(17-30-24)35-15-13-34(14-16-35)12-6-5-11-29/h9-10,17-18,21H,3-8,11-16,29H2,1-2H3,(H,30,31,32,33). The maximum absolute atomic E-state index is 13.4. The van der Waals surface area contributed by atoms with Gasteiger partial charge in [-0.1, -0.05) is 12.8 Å². The Kier molecular flexibility index (Phi) is 7.99. The molecule has 0 unspecified atom stereocenters. The van der Waals surface area contributed by atoms with Crippen molar-refractivity contribution < 1.29 is 4.79 Å². The summed E-state index contributed by atoms with van der Waals surface area (Å²) in [5.74, 6) is 0.797. The summed E-state index contributed by atoms with van der Waals surface area (Å²) >= 11 is 0. The molecular weight excluding hydrogens is 480 g/mol. The first-order chi connectivity index (χ1) is 18.5. The summed E-state index contributed by atoms with van der Waals surface area (Å²) in [5, 5.41) is 3.94. The minimum atomic E-state index is -0.249. The van der Waals surface area contributed by atoms with Crippen molar-refractivity contribution in [2.24, 2.45) is 5.73 Å². The monoisotopic (exact) mass is 518 g/mol. The fraction of sp³-hybridized carbons (Fsp3) is 0.536. The van der Waals surface area contributed by atoms with Gasteiger partial charge in [0.15, 0.2) is 5.78 Å². The van der Waals surface area contributed by atoms with Crippen molar-refractivity contribution in [1.29, 1.82) is 0 Å². The quantitative estimate of drug-likeness (QED) is 0.324. The van der Waals surface area contributed by atoms with E-state index in [2.05, 4.69) is 31.2 Å². The molecule has 3 N–H and O–H groups in total. The van der Waals surface area contributed by atoms with Gasteiger partial charge in [-0.25, -0.2) is 9.97 Å². The Morgan fingerprint density at radius 3 is 2.50 bits per heavy atom. The minimum Gasteiger partial charge on any atom is -0.368 e. The third-order valence-corrected chi connectivity index (χ3v) is 7.90. The SMILES string of the molecule is CC(=O)c1c(C)c2cnc(Nc3ccc(N4CCN(CCCCN)CC4)cn3)nc2n(C2CCCC2)c1=O. The molecule has 0 aromatic carbocycles. The van der Waals surface area contributed by atoms with E-state index in [-0.39, 0.29) is 22.9 Å². The second kappa shape index (κ2) is 11.6. The number of hydrogen-bond donors (Lipinski definition) is 2. The lowest BCUT2D eigenvalue weighted by Gasteiger charge is -2.36. The average molecular weight is 519 g/mol. The van der Waals surface area contributed by atoms with Crippen molar-refractivity contribution in [2.45, 2.75) is 58.4 Å². The van der Waals surface area contributed by atoms with Crippen molar-refractivity contribution in [3.63, 3.8) is 0 Å². The number of carbonyl (C=O) groups is 1. The summed E-state index contributed by atoms with van der Waals surface area (Å²) in [7, 11) is 0. The number of nitrogens with one attached hydrogen (secondary N) is 1. The number of aryl methyl sites for hydroxylation is 1. The number of unbranched alkanes of at least 4 members (excludes halogenated alkanes) is 1. The van der Waals surface area contributed by atoms with E-state index in [1.165, 1.54) is 6.92 Å². The number of ketones is 1. The van der Waals surface area contributed by atoms with Crippen LogP contribution in [0.5, 0.6) is 0 Å². The molecule has 2 fully saturated rings. The molecule has 38 heavy (non-hydrogen) atoms. The molecule has 1 aliphatic carbocycles. The molecule has 0 bridgehead atoms. The maximum atomic E-state index is 13.4. The topological polar surface area (TPSA) is 122 Å². The van der Waals surface area contributed by atoms with Crippen molar-refractivity contribution in [2.75, 3.05) is 49.5 Å². The summed E-state index contributed by atoms with van der Waals surface area (Å²) in [6.07, 6.45) is 9.78. The highest BCUT2D eigenvalue weighted by Crippen LogP contribution is 2.32. The van der Waals surface area contributed by atoms with Gasteiger partial charge in [0.25, 0.3) is 5.56 Å². The van der Waals surface area contributed by atoms with E-state index in [1.54, 1.807) is 17.7 Å². The molecule has 2 aliphatic rings. The lowest BCUT2D eigenvalue weighted by molar-refractivity contribution is 0.101. The summed E-state index contributed by atoms with van der Waals surface area (Å²) in [4.78, 5) is 44.5. The van der Waals surface area contributed by atoms with Crippen LogP contribution < -0.4 is 21.5 Å². The molecule has 1 saturated carbocycles. The first-order valence-electron chi connectivity index (χ1n) is 13.8. The zero-order valence-corrected chi connectivity index (χ0v) is 22.4. The van der Waals surface area contributed by atoms with Crippen LogP contribution in [0.3, 0.4) is 0 Å². The van der Waals surface area contributed by atoms with Crippen molar-refractivity contribution in [1.82, 2.24) is 24.4 Å². The number of anilines is 3. The Balaban J connectivity index is 1.34. The van der Waals surface area contributed by atoms with E-state index in [4.69, 9.17) is 10.7 Å². The van der Waals surface area contributed by atoms with Crippen molar-refractivity contribution in [3.05, 3.63) is 46.0 Å². The zero-order valence-electron chi connectivity index (χ0n) is 22.4. The van der Waals surface area contributed by atoms with E-state index in [0.717, 1.165) is 88.9 Å². The smallest absolute Gasteiger partial charge is 0.263 e. The van der Waals surface area contributed by atoms with Crippen LogP contribution in [-0.2, 0) is 0 Å². The first-order valence-corrected chi connectivity index (χ1v) is 13.8. The fourth-order valence-electron chi connectivity index (χ4n) is 5.78. The Hall–Kier alpha value is -3.37. The number of rotatable bonds is 9. The number of piperazine rings is 1. The Labute approximate surface area is 223 Å². The molecule has 4 heterocycles. The number of hydrogen-bond acceptors (Lipinski definition) is 9. The van der Waals surface area contributed by atoms with Crippen LogP contribution in [0, 0.1) is 6.92 Å². The highest BCUT2D eigenvalue weighted by Gasteiger charge is 2.26. The van der Waals surface area contributed by atoms with Gasteiger partial charge in [0, 0.05) is 43.8 Å². The third kappa shape index (κ3) is 5.42. The molecule has 0 spiro atoms. The third-order valence-electron chi connectivity index (χ3n) is 7.90. The minimum absolute atomic E-state index is 0.0463. The average Bonchev–Trinajstić information content (AvgIpc) is 3.44. The summed E-state index contributed by atoms with van der Waals surface area (Å²) in [6.45, 7) is 9.17. The molecule has 0 atom stereocenters. The number of Topliss-reactive ketones (excluding diaryl/α,β-unsaturated/α-hetero) is 1. The van der Waals surface area contributed by atoms with Gasteiger partial charge in [0.1, 0.15) is 11.5 Å². The molecule has 1 saturated heterocycles. The second-order valence-corrected chi connectivity index (χ2v) is 10.5. The lowest BCUT2D eigenvalue weighted by atomic mass is 10.0. The van der Waals surface area contributed by atoms with Gasteiger partial charge in [-0.3, -0.25) is 19.1 Å². The maximum Gasteiger partial charge on any atom is 0.263 e. The molecular formula is C28H38N8O2. The highest BCUT2D eigenvalue weighted by molar-refractivity contribution is 5.99. The summed E-state index contributed by atoms with van der Waals surface area (Å²) < 4.78 is 1.73. The first kappa shape index (κ1) is 26.2. The number of fused-ring (bicyclic) bond motifs is 1. The second-order valence-electron chi connectivity index (χ2n) is 10.5. The van der Waals surface area contributed by atoms with Crippen molar-refractivity contribution >= 4 is 34.3 Å². The molecule has 1 aliphatic heterocycles. The highest BCUT2D eigenvalue weighted by atomic mass is 16.1. The van der Waals surface area contributed by atoms with Gasteiger partial charge >= 0.3 is 0 Å². The van der Waals surface area contributed by atoms with Crippen molar-refractivity contribution in [3.8, 4) is 0 Å². The van der Waals surface area contributed by atoms with Crippen LogP contribution in [0.25, 0.3) is 11.0 Å². The van der Waals surface area contributed by atoms with E-state index < -0.39 is 0 Å². The number of pyridine rings is 2. The summed E-state index contributed by atoms with van der Waals surface area (Å²) in [5.41, 5.74) is 7.91. The van der Waals surface area contributed by atoms with Gasteiger partial charge in [-0.15, -0.1) is 0 Å². The Morgan fingerprint density at radius 2 is 1.84 bits per heavy atom. The molecule has 202 valence electrons. The summed E-state index contributed by atoms with van der Waals surface area (Å²) in [6, 6.07) is 4.05. The van der Waals surface area contributed by atoms with Gasteiger partial charge in [-0.05, 0) is 70.3 Å². The predicted molar refractivity (Wildman–Crippen MR) is 151 cm³/mol. The normalized spacial score (nSPS) is 16.9. The van der Waals surface area contributed by atoms with Gasteiger partial charge in [0.2, 0.25) is 5.95 Å². The Morgan fingerprint density at radius 1 is 1.08 bits per heavy atom. The molecule has 10 nitrogen and oxygen atoms in total. The van der Waals surface area contributed by atoms with Gasteiger partial charge < -0.3 is 16.0 Å². The lowest BCUT2D eigenvalue weighted by Crippen LogP contribution is -2.46. The predicted octanol–water partition coefficient (Wildman–Crippen LogP) is 3.42. The largest absolute Gasteiger partial charge is 0.368 e. The van der Waals surface area contributed by atoms with Crippen LogP contribution in [0.15, 0.2) is 29.3 Å². The van der Waals surface area contributed by atoms with E-state index in [0.29, 0.717) is 23.0 Å². The molecule has 0 amide bonds. The van der Waals surface area contributed by atoms with Crippen LogP contribution >= 0.6 is 0 Å². The molecule has 3 aromatic heterocycles. The van der Waals surface area contributed by atoms with E-state index in [9.17, 15) is 9.59 Å². The molecule has 0 radical (unpaired) electrons. The fourth-order valence-corrected chi connectivity index (χ4v) is 5.78. The van der Waals surface area contributed by atoms with Crippen LogP contribution in [-0.4, -0.2) is 69.5 Å². The van der Waals surface area contributed by atoms with E-state index >= 15 is 0 Å². The van der Waals surface area contributed by atoms with Crippen LogP contribution in [0.2, 0.25) is 0 Å². The molecule has 5 rings (SSSR count). The van der Waals surface area contributed by atoms with E-state index in [1.807, 2.05) is 12.3 Å². The Bertz CT molecular complexity index is 1340. The van der Waals surface area contributed by atoms with Crippen LogP contribution in [0.1, 0.15) is 67.4 Å². The van der Waals surface area contributed by atoms with Gasteiger partial charge in [-0.2, -0.15) is 4.98 Å². The molecule has 3 aromatic rings. The number of carbonyl (C=O) groups excluding carboxylic acids is 1. The number of nitrogens with zero attached hydrogens (tertiary/aromatic N) is 6. The zero-order chi connectivity index (χ0) is 26.6. The van der Waals surface area contributed by atoms with Gasteiger partial charge in [0.05, 0.1) is 17.4 Å². The number of nitrogens with two attached hydrogens (primary N) is 1. The number of aromatic nitrogens is 4. The van der Waals surface area contributed by atoms with Crippen LogP contribution in [0.4, 0.5) is 17.5 Å². The molecule has 10 heteroatoms.